The fourth-order valence-corrected chi connectivity index (χ4v) is 11.1. The molecule has 0 aromatic carbocycles. The molecule has 0 spiro atoms. The van der Waals surface area contributed by atoms with Gasteiger partial charge in [-0.2, -0.15) is 0 Å². The predicted octanol–water partition coefficient (Wildman–Crippen LogP) is 1.82. The van der Waals surface area contributed by atoms with Crippen molar-refractivity contribution in [3.8, 4) is 0 Å². The van der Waals surface area contributed by atoms with Crippen molar-refractivity contribution in [3.63, 3.8) is 0 Å². The molecule has 74 valence electrons. The Morgan fingerprint density at radius 1 is 1.33 bits per heavy atom. The smallest absolute Gasteiger partial charge is 0.314 e. The van der Waals surface area contributed by atoms with Crippen molar-refractivity contribution in [3.05, 3.63) is 0 Å². The molecule has 12 heavy (non-hydrogen) atoms. The molecule has 0 radical (unpaired) electrons. The quantitative estimate of drug-likeness (QED) is 0.714. The zero-order valence-corrected chi connectivity index (χ0v) is 11.3. The van der Waals surface area contributed by atoms with Gasteiger partial charge >= 0.3 is 8.08 Å². The van der Waals surface area contributed by atoms with Crippen molar-refractivity contribution < 1.29 is 9.22 Å². The summed E-state index contributed by atoms with van der Waals surface area (Å²) in [5.41, 5.74) is 0. The third-order valence-corrected chi connectivity index (χ3v) is 14.5. The first-order valence-corrected chi connectivity index (χ1v) is 10.6. The second-order valence-corrected chi connectivity index (χ2v) is 15.8. The highest BCUT2D eigenvalue weighted by atomic mass is 29.3. The number of hydrogen-bond acceptors (Lipinski definition) is 2. The van der Waals surface area contributed by atoms with Crippen molar-refractivity contribution in [2.24, 2.45) is 0 Å². The highest BCUT2D eigenvalue weighted by Crippen LogP contribution is 2.36. The van der Waals surface area contributed by atoms with E-state index < -0.39 is 16.4 Å². The maximum atomic E-state index is 10.4. The summed E-state index contributed by atoms with van der Waals surface area (Å²) in [7, 11) is -3.46. The molecule has 1 unspecified atom stereocenters. The van der Waals surface area contributed by atoms with E-state index >= 15 is 0 Å². The topological polar surface area (TPSA) is 29.5 Å². The van der Waals surface area contributed by atoms with Crippen molar-refractivity contribution in [1.82, 2.24) is 0 Å². The molecule has 2 nitrogen and oxygen atoms in total. The first-order chi connectivity index (χ1) is 5.25. The second-order valence-electron chi connectivity index (χ2n) is 4.53. The van der Waals surface area contributed by atoms with Gasteiger partial charge in [-0.15, -0.1) is 0 Å². The Hall–Kier alpha value is 0.354. The van der Waals surface area contributed by atoms with Gasteiger partial charge in [0.05, 0.1) is 8.31 Å². The lowest BCUT2D eigenvalue weighted by atomic mass is 10.3. The van der Waals surface area contributed by atoms with Crippen LogP contribution in [0.2, 0.25) is 18.1 Å². The summed E-state index contributed by atoms with van der Waals surface area (Å²) in [4.78, 5) is 10.4. The van der Waals surface area contributed by atoms with E-state index in [9.17, 15) is 4.80 Å². The van der Waals surface area contributed by atoms with Crippen LogP contribution < -0.4 is 0 Å². The molecule has 0 bridgehead atoms. The lowest BCUT2D eigenvalue weighted by Crippen LogP contribution is -2.58. The van der Waals surface area contributed by atoms with Crippen molar-refractivity contribution in [2.75, 3.05) is 6.61 Å². The van der Waals surface area contributed by atoms with Crippen molar-refractivity contribution in [1.29, 1.82) is 0 Å². The molecule has 0 aliphatic carbocycles. The van der Waals surface area contributed by atoms with E-state index in [4.69, 9.17) is 4.43 Å². The molecule has 0 rings (SSSR count). The Bertz CT molecular complexity index is 142. The highest BCUT2D eigenvalue weighted by Gasteiger charge is 2.48. The van der Waals surface area contributed by atoms with Crippen LogP contribution in [0, 0.1) is 0 Å². The summed E-state index contributed by atoms with van der Waals surface area (Å²) in [6, 6.07) is 0. The Labute approximate surface area is 78.6 Å². The molecule has 1 N–H and O–H groups in total. The molecular weight excluding hydrogens is 184 g/mol. The number of hydrogen-bond donors (Lipinski definition) is 1. The molecule has 0 heterocycles. The Morgan fingerprint density at radius 2 is 1.75 bits per heavy atom. The number of rotatable bonds is 3. The average molecular weight is 206 g/mol. The molecule has 0 aliphatic heterocycles. The van der Waals surface area contributed by atoms with Gasteiger partial charge in [0.15, 0.2) is 0 Å². The van der Waals surface area contributed by atoms with Gasteiger partial charge in [-0.1, -0.05) is 33.9 Å². The molecule has 4 heteroatoms. The van der Waals surface area contributed by atoms with Gasteiger partial charge in [0.2, 0.25) is 0 Å². The lowest BCUT2D eigenvalue weighted by molar-refractivity contribution is 0.237. The first-order valence-electron chi connectivity index (χ1n) is 4.62. The van der Waals surface area contributed by atoms with E-state index in [-0.39, 0.29) is 5.04 Å². The van der Waals surface area contributed by atoms with Crippen LogP contribution in [-0.2, 0) is 4.43 Å². The minimum absolute atomic E-state index is 0.0383. The van der Waals surface area contributed by atoms with E-state index in [1.165, 1.54) is 0 Å². The third-order valence-electron chi connectivity index (χ3n) is 2.22. The minimum Gasteiger partial charge on any atom is -0.413 e. The van der Waals surface area contributed by atoms with Crippen LogP contribution in [0.1, 0.15) is 27.7 Å². The standard InChI is InChI=1S/C8H22O2Si2/c1-7-10-12(9,11(5)6)8(2,3)4/h9,11H,7H2,1-6H3. The van der Waals surface area contributed by atoms with Gasteiger partial charge in [-0.3, -0.25) is 0 Å². The molecule has 0 aromatic rings. The van der Waals surface area contributed by atoms with E-state index in [2.05, 4.69) is 33.9 Å². The summed E-state index contributed by atoms with van der Waals surface area (Å²) in [5, 5.41) is -0.0383. The summed E-state index contributed by atoms with van der Waals surface area (Å²) in [5.74, 6) is 0. The zero-order chi connectivity index (χ0) is 9.99. The molecule has 0 fully saturated rings. The van der Waals surface area contributed by atoms with Crippen molar-refractivity contribution in [2.45, 2.75) is 45.8 Å². The van der Waals surface area contributed by atoms with Gasteiger partial charge in [-0.25, -0.2) is 0 Å². The SMILES string of the molecule is CCO[Si](O)([SiH](C)C)C(C)(C)C. The van der Waals surface area contributed by atoms with Gasteiger partial charge in [-0.05, 0) is 6.92 Å². The monoisotopic (exact) mass is 206 g/mol. The van der Waals surface area contributed by atoms with E-state index in [1.54, 1.807) is 0 Å². The summed E-state index contributed by atoms with van der Waals surface area (Å²) in [6.45, 7) is 13.2. The maximum Gasteiger partial charge on any atom is 0.314 e. The zero-order valence-electron chi connectivity index (χ0n) is 9.14. The van der Waals surface area contributed by atoms with Gasteiger partial charge in [0.1, 0.15) is 0 Å². The van der Waals surface area contributed by atoms with Crippen LogP contribution in [0.5, 0.6) is 0 Å². The van der Waals surface area contributed by atoms with Crippen molar-refractivity contribution >= 4 is 16.4 Å². The summed E-state index contributed by atoms with van der Waals surface area (Å²) < 4.78 is 5.61. The molecule has 0 aromatic heterocycles. The van der Waals surface area contributed by atoms with E-state index in [1.807, 2.05) is 6.92 Å². The third kappa shape index (κ3) is 2.42. The van der Waals surface area contributed by atoms with Gasteiger partial charge < -0.3 is 9.22 Å². The second kappa shape index (κ2) is 4.04. The molecule has 0 aliphatic rings. The maximum absolute atomic E-state index is 10.4. The molecule has 1 atom stereocenters. The Balaban J connectivity index is 4.62. The van der Waals surface area contributed by atoms with Gasteiger partial charge in [0.25, 0.3) is 0 Å². The van der Waals surface area contributed by atoms with Crippen LogP contribution in [0.15, 0.2) is 0 Å². The van der Waals surface area contributed by atoms with Crippen LogP contribution in [0.25, 0.3) is 0 Å². The molecule has 0 saturated carbocycles. The largest absolute Gasteiger partial charge is 0.413 e. The van der Waals surface area contributed by atoms with Crippen LogP contribution in [-0.4, -0.2) is 27.8 Å². The Morgan fingerprint density at radius 3 is 1.83 bits per heavy atom. The van der Waals surface area contributed by atoms with E-state index in [0.29, 0.717) is 6.61 Å². The minimum atomic E-state index is -2.39. The molecule has 0 saturated heterocycles. The highest BCUT2D eigenvalue weighted by molar-refractivity contribution is 7.27. The molecular formula is C8H22O2Si2. The summed E-state index contributed by atoms with van der Waals surface area (Å²) >= 11 is 0. The first kappa shape index (κ1) is 12.4. The van der Waals surface area contributed by atoms with Crippen LogP contribution >= 0.6 is 0 Å². The van der Waals surface area contributed by atoms with Crippen LogP contribution in [0.3, 0.4) is 0 Å². The van der Waals surface area contributed by atoms with Gasteiger partial charge in [0, 0.05) is 11.6 Å². The fourth-order valence-electron chi connectivity index (χ4n) is 1.47. The lowest BCUT2D eigenvalue weighted by Gasteiger charge is -2.39. The average Bonchev–Trinajstić information content (AvgIpc) is 1.85. The van der Waals surface area contributed by atoms with E-state index in [0.717, 1.165) is 0 Å². The normalized spacial score (nSPS) is 18.0. The Kier molecular flexibility index (Phi) is 4.16. The fraction of sp³-hybridized carbons (Fsp3) is 1.00. The summed E-state index contributed by atoms with van der Waals surface area (Å²) in [6.07, 6.45) is 0. The van der Waals surface area contributed by atoms with Crippen LogP contribution in [0.4, 0.5) is 0 Å². The predicted molar refractivity (Wildman–Crippen MR) is 58.2 cm³/mol. The molecule has 0 amide bonds.